The van der Waals surface area contributed by atoms with Crippen molar-refractivity contribution in [2.24, 2.45) is 5.92 Å². The van der Waals surface area contributed by atoms with Crippen molar-refractivity contribution in [3.8, 4) is 0 Å². The summed E-state index contributed by atoms with van der Waals surface area (Å²) >= 11 is 4.32. The fourth-order valence-electron chi connectivity index (χ4n) is 4.03. The molecule has 3 atom stereocenters. The molecule has 236 valence electrons. The van der Waals surface area contributed by atoms with Crippen LogP contribution >= 0.6 is 27.7 Å². The number of likely N-dealkylation sites (tertiary alicyclic amines) is 1. The first-order valence-electron chi connectivity index (χ1n) is 14.0. The maximum atomic E-state index is 13.2. The van der Waals surface area contributed by atoms with Gasteiger partial charge in [0.15, 0.2) is 5.12 Å². The van der Waals surface area contributed by atoms with Crippen LogP contribution in [0.5, 0.6) is 0 Å². The largest absolute Gasteiger partial charge is 0.464 e. The molecule has 1 saturated heterocycles. The SMILES string of the molecule is CC(=O)SC[C@@H](C)C(=O)N1CCC[C@H]1C(=O)N[C@@H](Cc1ccccc1)C(=O)OCCCCO[N+](=O)[O-].OCCCCBr. The van der Waals surface area contributed by atoms with E-state index in [0.717, 1.165) is 35.5 Å². The number of nitrogens with one attached hydrogen (secondary N) is 1. The molecule has 1 aliphatic heterocycles. The lowest BCUT2D eigenvalue weighted by molar-refractivity contribution is -0.757. The Morgan fingerprint density at radius 3 is 2.45 bits per heavy atom. The molecule has 1 fully saturated rings. The lowest BCUT2D eigenvalue weighted by Gasteiger charge is -2.28. The third-order valence-corrected chi connectivity index (χ3v) is 7.84. The summed E-state index contributed by atoms with van der Waals surface area (Å²) in [4.78, 5) is 66.1. The molecule has 2 rings (SSSR count). The van der Waals surface area contributed by atoms with Gasteiger partial charge in [0.2, 0.25) is 11.8 Å². The standard InChI is InChI=1S/C24H33N3O8S.C4H9BrO/c1-17(16-36-18(2)28)23(30)26-12-8-11-21(26)22(29)25-20(15-19-9-4-3-5-10-19)24(31)34-13-6-7-14-35-27(32)33;5-3-1-2-4-6/h3-5,9-10,17,20-21H,6-8,11-16H2,1-2H3,(H,25,29);6H,1-4H2/t17-,20+,21+;/m1./s1. The summed E-state index contributed by atoms with van der Waals surface area (Å²) in [6.45, 7) is 3.87. The van der Waals surface area contributed by atoms with E-state index in [-0.39, 0.29) is 30.7 Å². The first-order chi connectivity index (χ1) is 20.1. The minimum atomic E-state index is -0.960. The number of hydrogen-bond acceptors (Lipinski definition) is 10. The highest BCUT2D eigenvalue weighted by Gasteiger charge is 2.37. The molecule has 0 aliphatic carbocycles. The highest BCUT2D eigenvalue weighted by Crippen LogP contribution is 2.22. The van der Waals surface area contributed by atoms with E-state index in [4.69, 9.17) is 9.84 Å². The molecule has 1 aliphatic rings. The van der Waals surface area contributed by atoms with E-state index in [2.05, 4.69) is 26.1 Å². The van der Waals surface area contributed by atoms with E-state index >= 15 is 0 Å². The molecule has 12 nitrogen and oxygen atoms in total. The molecule has 0 bridgehead atoms. The van der Waals surface area contributed by atoms with E-state index in [9.17, 15) is 29.3 Å². The molecule has 0 saturated carbocycles. The fraction of sp³-hybridized carbons (Fsp3) is 0.643. The van der Waals surface area contributed by atoms with Crippen LogP contribution in [-0.4, -0.2) is 87.5 Å². The van der Waals surface area contributed by atoms with Gasteiger partial charge in [-0.05, 0) is 44.1 Å². The summed E-state index contributed by atoms with van der Waals surface area (Å²) in [5.41, 5.74) is 0.827. The molecule has 2 amide bonds. The Morgan fingerprint density at radius 2 is 1.86 bits per heavy atom. The Morgan fingerprint density at radius 1 is 1.17 bits per heavy atom. The first kappa shape index (κ1) is 37.3. The lowest BCUT2D eigenvalue weighted by Crippen LogP contribution is -2.52. The van der Waals surface area contributed by atoms with Crippen molar-refractivity contribution in [1.82, 2.24) is 10.2 Å². The second kappa shape index (κ2) is 21.9. The molecule has 1 aromatic carbocycles. The van der Waals surface area contributed by atoms with E-state index in [0.29, 0.717) is 44.6 Å². The number of esters is 1. The molecule has 1 aromatic rings. The number of ether oxygens (including phenoxy) is 1. The average Bonchev–Trinajstić information content (AvgIpc) is 3.46. The Hall–Kier alpha value is -2.71. The quantitative estimate of drug-likeness (QED) is 0.0822. The van der Waals surface area contributed by atoms with Crippen LogP contribution in [0.15, 0.2) is 30.3 Å². The molecule has 14 heteroatoms. The lowest BCUT2D eigenvalue weighted by atomic mass is 10.0. The van der Waals surface area contributed by atoms with Crippen molar-refractivity contribution in [3.63, 3.8) is 0 Å². The number of halogens is 1. The Kier molecular flexibility index (Phi) is 19.5. The first-order valence-corrected chi connectivity index (χ1v) is 16.1. The summed E-state index contributed by atoms with van der Waals surface area (Å²) in [6.07, 6.45) is 4.06. The highest BCUT2D eigenvalue weighted by molar-refractivity contribution is 9.09. The highest BCUT2D eigenvalue weighted by atomic mass is 79.9. The summed E-state index contributed by atoms with van der Waals surface area (Å²) < 4.78 is 5.32. The van der Waals surface area contributed by atoms with Crippen LogP contribution in [0.3, 0.4) is 0 Å². The van der Waals surface area contributed by atoms with Crippen molar-refractivity contribution in [3.05, 3.63) is 46.0 Å². The number of thioether (sulfide) groups is 1. The number of alkyl halides is 1. The Balaban J connectivity index is 0.00000132. The summed E-state index contributed by atoms with van der Waals surface area (Å²) in [5, 5.41) is 21.2. The normalized spacial score (nSPS) is 15.5. The predicted molar refractivity (Wildman–Crippen MR) is 162 cm³/mol. The number of nitrogens with zero attached hydrogens (tertiary/aromatic N) is 2. The van der Waals surface area contributed by atoms with Crippen LogP contribution < -0.4 is 5.32 Å². The van der Waals surface area contributed by atoms with Gasteiger partial charge in [-0.15, -0.1) is 10.1 Å². The van der Waals surface area contributed by atoms with Gasteiger partial charge in [0.1, 0.15) is 12.1 Å². The molecule has 0 unspecified atom stereocenters. The van der Waals surface area contributed by atoms with Crippen LogP contribution in [0.2, 0.25) is 0 Å². The van der Waals surface area contributed by atoms with Crippen LogP contribution in [0.1, 0.15) is 57.9 Å². The zero-order valence-electron chi connectivity index (χ0n) is 24.2. The average molecular weight is 677 g/mol. The van der Waals surface area contributed by atoms with E-state index in [1.807, 2.05) is 30.3 Å². The maximum Gasteiger partial charge on any atom is 0.328 e. The molecule has 0 aromatic heterocycles. The van der Waals surface area contributed by atoms with Gasteiger partial charge in [-0.1, -0.05) is 64.9 Å². The minimum absolute atomic E-state index is 0.0282. The molecular formula is C28H42BrN3O9S. The number of aliphatic hydroxyl groups is 1. The number of benzene rings is 1. The molecule has 0 spiro atoms. The topological polar surface area (TPSA) is 165 Å². The van der Waals surface area contributed by atoms with E-state index < -0.39 is 35.0 Å². The van der Waals surface area contributed by atoms with Crippen molar-refractivity contribution in [2.45, 2.75) is 70.9 Å². The van der Waals surface area contributed by atoms with Crippen LogP contribution in [0.4, 0.5) is 0 Å². The number of hydrogen-bond donors (Lipinski definition) is 2. The summed E-state index contributed by atoms with van der Waals surface area (Å²) in [7, 11) is 0. The van der Waals surface area contributed by atoms with E-state index in [1.54, 1.807) is 6.92 Å². The van der Waals surface area contributed by atoms with Gasteiger partial charge in [0.05, 0.1) is 13.2 Å². The van der Waals surface area contributed by atoms with Gasteiger partial charge < -0.3 is 24.9 Å². The van der Waals surface area contributed by atoms with Gasteiger partial charge in [0, 0.05) is 43.5 Å². The zero-order chi connectivity index (χ0) is 31.3. The van der Waals surface area contributed by atoms with Gasteiger partial charge in [-0.25, -0.2) is 4.79 Å². The summed E-state index contributed by atoms with van der Waals surface area (Å²) in [5.74, 6) is -1.32. The third-order valence-electron chi connectivity index (χ3n) is 6.20. The fourth-order valence-corrected chi connectivity index (χ4v) is 5.06. The van der Waals surface area contributed by atoms with Gasteiger partial charge in [-0.2, -0.15) is 0 Å². The molecule has 1 heterocycles. The molecule has 0 radical (unpaired) electrons. The molecular weight excluding hydrogens is 634 g/mol. The van der Waals surface area contributed by atoms with Gasteiger partial charge in [-0.3, -0.25) is 14.4 Å². The molecule has 2 N–H and O–H groups in total. The van der Waals surface area contributed by atoms with Crippen molar-refractivity contribution in [1.29, 1.82) is 0 Å². The van der Waals surface area contributed by atoms with Gasteiger partial charge in [0.25, 0.3) is 5.09 Å². The number of carbonyl (C=O) groups is 4. The monoisotopic (exact) mass is 675 g/mol. The number of unbranched alkanes of at least 4 members (excludes halogenated alkanes) is 2. The van der Waals surface area contributed by atoms with Crippen LogP contribution in [-0.2, 0) is 35.2 Å². The number of aliphatic hydroxyl groups excluding tert-OH is 1. The van der Waals surface area contributed by atoms with Crippen molar-refractivity contribution in [2.75, 3.05) is 37.4 Å². The number of carbonyl (C=O) groups excluding carboxylic acids is 4. The smallest absolute Gasteiger partial charge is 0.328 e. The van der Waals surface area contributed by atoms with Gasteiger partial charge >= 0.3 is 5.97 Å². The number of amides is 2. The van der Waals surface area contributed by atoms with Crippen LogP contribution in [0.25, 0.3) is 0 Å². The third kappa shape index (κ3) is 15.5. The minimum Gasteiger partial charge on any atom is -0.464 e. The second-order valence-corrected chi connectivity index (χ2v) is 11.7. The van der Waals surface area contributed by atoms with Crippen molar-refractivity contribution < 1.29 is 38.9 Å². The van der Waals surface area contributed by atoms with Crippen molar-refractivity contribution >= 4 is 50.6 Å². The Labute approximate surface area is 259 Å². The maximum absolute atomic E-state index is 13.2. The Bertz CT molecular complexity index is 983. The number of rotatable bonds is 17. The zero-order valence-corrected chi connectivity index (χ0v) is 26.6. The second-order valence-electron chi connectivity index (χ2n) is 9.70. The summed E-state index contributed by atoms with van der Waals surface area (Å²) in [6, 6.07) is 7.50. The predicted octanol–water partition coefficient (Wildman–Crippen LogP) is 3.31. The van der Waals surface area contributed by atoms with E-state index in [1.165, 1.54) is 11.8 Å². The molecule has 42 heavy (non-hydrogen) atoms. The van der Waals surface area contributed by atoms with Crippen LogP contribution in [0, 0.1) is 16.0 Å².